The molecule has 0 spiro atoms. The second-order valence-corrected chi connectivity index (χ2v) is 6.20. The lowest BCUT2D eigenvalue weighted by Gasteiger charge is -2.15. The third kappa shape index (κ3) is 2.97. The molecule has 138 valence electrons. The molecule has 7 nitrogen and oxygen atoms in total. The Morgan fingerprint density at radius 2 is 1.85 bits per heavy atom. The van der Waals surface area contributed by atoms with E-state index in [-0.39, 0.29) is 11.8 Å². The second-order valence-electron chi connectivity index (χ2n) is 6.20. The van der Waals surface area contributed by atoms with Gasteiger partial charge in [-0.25, -0.2) is 4.79 Å². The number of methoxy groups -OCH3 is 2. The van der Waals surface area contributed by atoms with Crippen molar-refractivity contribution >= 4 is 16.7 Å². The van der Waals surface area contributed by atoms with E-state index in [1.165, 1.54) is 14.2 Å². The van der Waals surface area contributed by atoms with Gasteiger partial charge in [-0.15, -0.1) is 0 Å². The van der Waals surface area contributed by atoms with E-state index in [1.54, 1.807) is 24.3 Å². The molecule has 1 aliphatic heterocycles. The van der Waals surface area contributed by atoms with Gasteiger partial charge in [0.2, 0.25) is 5.75 Å². The number of ether oxygens (including phenoxy) is 2. The van der Waals surface area contributed by atoms with Crippen molar-refractivity contribution in [1.82, 2.24) is 5.43 Å². The number of nitrogens with zero attached hydrogens (tertiary/aromatic N) is 1. The zero-order valence-electron chi connectivity index (χ0n) is 14.9. The molecule has 0 saturated carbocycles. The molecule has 0 saturated heterocycles. The van der Waals surface area contributed by atoms with Gasteiger partial charge in [0.05, 0.1) is 31.5 Å². The fraction of sp³-hybridized carbons (Fsp3) is 0.200. The highest BCUT2D eigenvalue weighted by Gasteiger charge is 2.26. The summed E-state index contributed by atoms with van der Waals surface area (Å²) in [6, 6.07) is 12.4. The number of fused-ring (bicyclic) bond motifs is 1. The number of para-hydroxylation sites is 1. The fourth-order valence-corrected chi connectivity index (χ4v) is 3.18. The first kappa shape index (κ1) is 17.0. The van der Waals surface area contributed by atoms with Crippen LogP contribution in [0.1, 0.15) is 23.6 Å². The van der Waals surface area contributed by atoms with Crippen molar-refractivity contribution in [2.75, 3.05) is 14.2 Å². The summed E-state index contributed by atoms with van der Waals surface area (Å²) in [7, 11) is 2.95. The van der Waals surface area contributed by atoms with Gasteiger partial charge in [0, 0.05) is 11.8 Å². The van der Waals surface area contributed by atoms with Crippen molar-refractivity contribution in [2.45, 2.75) is 12.5 Å². The molecule has 1 unspecified atom stereocenters. The number of phenols is 1. The fourth-order valence-electron chi connectivity index (χ4n) is 3.18. The molecule has 27 heavy (non-hydrogen) atoms. The van der Waals surface area contributed by atoms with Crippen molar-refractivity contribution in [3.8, 4) is 17.2 Å². The Morgan fingerprint density at radius 1 is 1.15 bits per heavy atom. The van der Waals surface area contributed by atoms with Crippen LogP contribution in [0, 0.1) is 0 Å². The first-order chi connectivity index (χ1) is 13.1. The molecule has 0 aliphatic carbocycles. The molecule has 2 aromatic carbocycles. The van der Waals surface area contributed by atoms with Gasteiger partial charge >= 0.3 is 5.63 Å². The number of rotatable bonds is 4. The van der Waals surface area contributed by atoms with E-state index < -0.39 is 5.63 Å². The van der Waals surface area contributed by atoms with Crippen LogP contribution in [0.15, 0.2) is 56.8 Å². The maximum atomic E-state index is 12.4. The minimum atomic E-state index is -0.421. The van der Waals surface area contributed by atoms with E-state index in [9.17, 15) is 9.90 Å². The van der Waals surface area contributed by atoms with Crippen LogP contribution >= 0.6 is 0 Å². The van der Waals surface area contributed by atoms with Crippen molar-refractivity contribution in [1.29, 1.82) is 0 Å². The van der Waals surface area contributed by atoms with Crippen molar-refractivity contribution < 1.29 is 19.0 Å². The predicted octanol–water partition coefficient (Wildman–Crippen LogP) is 2.95. The van der Waals surface area contributed by atoms with E-state index in [2.05, 4.69) is 10.5 Å². The average Bonchev–Trinajstić information content (AvgIpc) is 3.17. The summed E-state index contributed by atoms with van der Waals surface area (Å²) in [5.74, 6) is 0.563. The van der Waals surface area contributed by atoms with Gasteiger partial charge in [-0.1, -0.05) is 18.2 Å². The van der Waals surface area contributed by atoms with Gasteiger partial charge in [0.1, 0.15) is 5.58 Å². The Labute approximate surface area is 154 Å². The molecule has 1 atom stereocenters. The van der Waals surface area contributed by atoms with Gasteiger partial charge in [0.25, 0.3) is 0 Å². The maximum Gasteiger partial charge on any atom is 0.345 e. The van der Waals surface area contributed by atoms with E-state index in [0.29, 0.717) is 34.8 Å². The summed E-state index contributed by atoms with van der Waals surface area (Å²) in [6.45, 7) is 0. The van der Waals surface area contributed by atoms with Gasteiger partial charge in [-0.05, 0) is 29.8 Å². The summed E-state index contributed by atoms with van der Waals surface area (Å²) in [4.78, 5) is 12.4. The highest BCUT2D eigenvalue weighted by molar-refractivity contribution is 6.03. The minimum Gasteiger partial charge on any atom is -0.502 e. The van der Waals surface area contributed by atoms with Crippen LogP contribution in [0.2, 0.25) is 0 Å². The quantitative estimate of drug-likeness (QED) is 0.690. The Morgan fingerprint density at radius 3 is 2.56 bits per heavy atom. The summed E-state index contributed by atoms with van der Waals surface area (Å²) in [6.07, 6.45) is 0.486. The average molecular weight is 366 g/mol. The lowest BCUT2D eigenvalue weighted by molar-refractivity contribution is 0.338. The number of aromatic hydroxyl groups is 1. The van der Waals surface area contributed by atoms with E-state index in [1.807, 2.05) is 18.2 Å². The Bertz CT molecular complexity index is 1080. The standard InChI is InChI=1S/C20H18N2O5/c1-25-17-8-12(9-18(26-2)19(17)23)14-10-15(22-21-14)13-7-11-5-3-4-6-16(11)27-20(13)24/h3-9,14,21,23H,10H2,1-2H3. The maximum absolute atomic E-state index is 12.4. The van der Waals surface area contributed by atoms with Crippen LogP contribution in [-0.2, 0) is 0 Å². The number of phenolic OH excluding ortho intramolecular Hbond substituents is 1. The lowest BCUT2D eigenvalue weighted by Crippen LogP contribution is -2.14. The smallest absolute Gasteiger partial charge is 0.345 e. The van der Waals surface area contributed by atoms with Crippen LogP contribution in [0.3, 0.4) is 0 Å². The topological polar surface area (TPSA) is 93.3 Å². The van der Waals surface area contributed by atoms with Crippen LogP contribution in [0.25, 0.3) is 11.0 Å². The van der Waals surface area contributed by atoms with Gasteiger partial charge in [-0.3, -0.25) is 0 Å². The predicted molar refractivity (Wildman–Crippen MR) is 101 cm³/mol. The normalized spacial score (nSPS) is 16.1. The zero-order valence-corrected chi connectivity index (χ0v) is 14.9. The third-order valence-electron chi connectivity index (χ3n) is 4.61. The Kier molecular flexibility index (Phi) is 4.19. The number of hydrogen-bond donors (Lipinski definition) is 2. The van der Waals surface area contributed by atoms with Crippen molar-refractivity contribution in [3.63, 3.8) is 0 Å². The molecular weight excluding hydrogens is 348 g/mol. The lowest BCUT2D eigenvalue weighted by atomic mass is 9.98. The van der Waals surface area contributed by atoms with E-state index in [0.717, 1.165) is 10.9 Å². The number of benzene rings is 2. The largest absolute Gasteiger partial charge is 0.502 e. The van der Waals surface area contributed by atoms with Crippen LogP contribution in [0.4, 0.5) is 0 Å². The molecule has 3 aromatic rings. The molecule has 2 N–H and O–H groups in total. The molecule has 0 bridgehead atoms. The van der Waals surface area contributed by atoms with Gasteiger partial charge in [-0.2, -0.15) is 5.10 Å². The molecule has 7 heteroatoms. The summed E-state index contributed by atoms with van der Waals surface area (Å²) < 4.78 is 15.8. The molecule has 4 rings (SSSR count). The first-order valence-corrected chi connectivity index (χ1v) is 8.41. The first-order valence-electron chi connectivity index (χ1n) is 8.41. The van der Waals surface area contributed by atoms with Crippen LogP contribution < -0.4 is 20.5 Å². The number of hydrazone groups is 1. The molecular formula is C20H18N2O5. The molecule has 1 aliphatic rings. The van der Waals surface area contributed by atoms with Gasteiger partial charge < -0.3 is 24.4 Å². The molecule has 2 heterocycles. The highest BCUT2D eigenvalue weighted by atomic mass is 16.5. The molecule has 1 aromatic heterocycles. The van der Waals surface area contributed by atoms with Crippen molar-refractivity contribution in [2.24, 2.45) is 5.10 Å². The molecule has 0 amide bonds. The monoisotopic (exact) mass is 366 g/mol. The number of nitrogens with one attached hydrogen (secondary N) is 1. The van der Waals surface area contributed by atoms with Crippen molar-refractivity contribution in [3.05, 3.63) is 64.0 Å². The third-order valence-corrected chi connectivity index (χ3v) is 4.61. The van der Waals surface area contributed by atoms with Gasteiger partial charge in [0.15, 0.2) is 11.5 Å². The van der Waals surface area contributed by atoms with Crippen LogP contribution in [-0.4, -0.2) is 25.0 Å². The van der Waals surface area contributed by atoms with E-state index >= 15 is 0 Å². The van der Waals surface area contributed by atoms with E-state index in [4.69, 9.17) is 13.9 Å². The molecule has 0 radical (unpaired) electrons. The van der Waals surface area contributed by atoms with Crippen LogP contribution in [0.5, 0.6) is 17.2 Å². The summed E-state index contributed by atoms with van der Waals surface area (Å²) in [5.41, 5.74) is 5.03. The second kappa shape index (κ2) is 6.68. The minimum absolute atomic E-state index is 0.0573. The summed E-state index contributed by atoms with van der Waals surface area (Å²) >= 11 is 0. The summed E-state index contributed by atoms with van der Waals surface area (Å²) in [5, 5.41) is 15.2. The highest BCUT2D eigenvalue weighted by Crippen LogP contribution is 2.40. The number of hydrogen-bond acceptors (Lipinski definition) is 7. The Hall–Kier alpha value is -3.48. The Balaban J connectivity index is 1.66. The molecule has 0 fully saturated rings. The zero-order chi connectivity index (χ0) is 19.0. The SMILES string of the molecule is COc1cc(C2CC(c3cc4ccccc4oc3=O)=NN2)cc(OC)c1O.